The Labute approximate surface area is 88.2 Å². The lowest BCUT2D eigenvalue weighted by molar-refractivity contribution is -0.127. The Morgan fingerprint density at radius 1 is 1.54 bits per heavy atom. The van der Waals surface area contributed by atoms with Crippen molar-refractivity contribution in [1.29, 1.82) is 0 Å². The molecule has 0 aromatic rings. The van der Waals surface area contributed by atoms with E-state index < -0.39 is 0 Å². The highest BCUT2D eigenvalue weighted by molar-refractivity contribution is 9.09. The van der Waals surface area contributed by atoms with Crippen molar-refractivity contribution < 1.29 is 4.79 Å². The SMILES string of the molecule is CC1CN(C(=O)CBr)CC1N(C)C. The van der Waals surface area contributed by atoms with Crippen LogP contribution < -0.4 is 0 Å². The van der Waals surface area contributed by atoms with E-state index >= 15 is 0 Å². The Balaban J connectivity index is 2.54. The van der Waals surface area contributed by atoms with Gasteiger partial charge in [-0.3, -0.25) is 4.79 Å². The van der Waals surface area contributed by atoms with Gasteiger partial charge in [0.05, 0.1) is 5.33 Å². The van der Waals surface area contributed by atoms with E-state index in [0.717, 1.165) is 13.1 Å². The molecule has 0 spiro atoms. The molecule has 1 heterocycles. The molecular formula is C9H17BrN2O. The molecular weight excluding hydrogens is 232 g/mol. The van der Waals surface area contributed by atoms with Crippen molar-refractivity contribution in [1.82, 2.24) is 9.80 Å². The van der Waals surface area contributed by atoms with Crippen LogP contribution in [0, 0.1) is 5.92 Å². The first kappa shape index (κ1) is 11.0. The summed E-state index contributed by atoms with van der Waals surface area (Å²) in [7, 11) is 4.15. The zero-order valence-corrected chi connectivity index (χ0v) is 10.0. The quantitative estimate of drug-likeness (QED) is 0.675. The van der Waals surface area contributed by atoms with E-state index in [-0.39, 0.29) is 5.91 Å². The summed E-state index contributed by atoms with van der Waals surface area (Å²) in [6.07, 6.45) is 0. The second-order valence-corrected chi connectivity index (χ2v) is 4.50. The van der Waals surface area contributed by atoms with E-state index in [1.807, 2.05) is 4.90 Å². The maximum absolute atomic E-state index is 11.4. The molecule has 0 aromatic carbocycles. The summed E-state index contributed by atoms with van der Waals surface area (Å²) in [5, 5.41) is 0.444. The van der Waals surface area contributed by atoms with Crippen LogP contribution in [0.25, 0.3) is 0 Å². The molecule has 0 bridgehead atoms. The first-order valence-electron chi connectivity index (χ1n) is 4.56. The second kappa shape index (κ2) is 4.42. The number of likely N-dealkylation sites (N-methyl/N-ethyl adjacent to an activating group) is 1. The van der Waals surface area contributed by atoms with Gasteiger partial charge in [-0.2, -0.15) is 0 Å². The fourth-order valence-corrected chi connectivity index (χ4v) is 2.26. The molecule has 13 heavy (non-hydrogen) atoms. The van der Waals surface area contributed by atoms with Crippen LogP contribution in [0.3, 0.4) is 0 Å². The summed E-state index contributed by atoms with van der Waals surface area (Å²) in [5.74, 6) is 0.786. The van der Waals surface area contributed by atoms with Crippen molar-refractivity contribution >= 4 is 21.8 Å². The van der Waals surface area contributed by atoms with E-state index in [0.29, 0.717) is 17.3 Å². The highest BCUT2D eigenvalue weighted by Gasteiger charge is 2.32. The minimum Gasteiger partial charge on any atom is -0.340 e. The molecule has 1 saturated heterocycles. The normalized spacial score (nSPS) is 28.5. The second-order valence-electron chi connectivity index (χ2n) is 3.94. The minimum absolute atomic E-state index is 0.205. The fourth-order valence-electron chi connectivity index (χ4n) is 1.91. The van der Waals surface area contributed by atoms with Crippen molar-refractivity contribution in [3.63, 3.8) is 0 Å². The van der Waals surface area contributed by atoms with Gasteiger partial charge in [-0.05, 0) is 20.0 Å². The summed E-state index contributed by atoms with van der Waals surface area (Å²) in [6, 6.07) is 0.517. The largest absolute Gasteiger partial charge is 0.340 e. The van der Waals surface area contributed by atoms with Gasteiger partial charge < -0.3 is 9.80 Å². The van der Waals surface area contributed by atoms with Crippen molar-refractivity contribution in [2.75, 3.05) is 32.5 Å². The summed E-state index contributed by atoms with van der Waals surface area (Å²) in [4.78, 5) is 15.5. The summed E-state index contributed by atoms with van der Waals surface area (Å²) >= 11 is 3.20. The lowest BCUT2D eigenvalue weighted by atomic mass is 10.1. The van der Waals surface area contributed by atoms with Crippen molar-refractivity contribution in [3.05, 3.63) is 0 Å². The molecule has 1 amide bonds. The van der Waals surface area contributed by atoms with Gasteiger partial charge in [-0.25, -0.2) is 0 Å². The number of likely N-dealkylation sites (tertiary alicyclic amines) is 1. The molecule has 1 fully saturated rings. The lowest BCUT2D eigenvalue weighted by Crippen LogP contribution is -2.36. The lowest BCUT2D eigenvalue weighted by Gasteiger charge is -2.22. The molecule has 0 N–H and O–H groups in total. The van der Waals surface area contributed by atoms with Crippen molar-refractivity contribution in [2.24, 2.45) is 5.92 Å². The fraction of sp³-hybridized carbons (Fsp3) is 0.889. The van der Waals surface area contributed by atoms with E-state index in [9.17, 15) is 4.79 Å². The van der Waals surface area contributed by atoms with E-state index in [1.54, 1.807) is 0 Å². The summed E-state index contributed by atoms with van der Waals surface area (Å²) < 4.78 is 0. The zero-order valence-electron chi connectivity index (χ0n) is 8.46. The molecule has 1 aliphatic heterocycles. The van der Waals surface area contributed by atoms with Gasteiger partial charge >= 0.3 is 0 Å². The molecule has 76 valence electrons. The Bertz CT molecular complexity index is 196. The first-order valence-corrected chi connectivity index (χ1v) is 5.68. The third-order valence-corrected chi connectivity index (χ3v) is 3.18. The molecule has 2 unspecified atom stereocenters. The van der Waals surface area contributed by atoms with Gasteiger partial charge in [0.25, 0.3) is 0 Å². The molecule has 0 saturated carbocycles. The maximum atomic E-state index is 11.4. The van der Waals surface area contributed by atoms with Gasteiger partial charge in [0.2, 0.25) is 5.91 Å². The van der Waals surface area contributed by atoms with E-state index in [4.69, 9.17) is 0 Å². The number of carbonyl (C=O) groups excluding carboxylic acids is 1. The van der Waals surface area contributed by atoms with Crippen LogP contribution in [0.4, 0.5) is 0 Å². The van der Waals surface area contributed by atoms with Crippen LogP contribution in [-0.2, 0) is 4.79 Å². The molecule has 1 rings (SSSR count). The van der Waals surface area contributed by atoms with Gasteiger partial charge in [-0.1, -0.05) is 22.9 Å². The number of hydrogen-bond acceptors (Lipinski definition) is 2. The molecule has 4 heteroatoms. The number of hydrogen-bond donors (Lipinski definition) is 0. The van der Waals surface area contributed by atoms with Gasteiger partial charge in [0.15, 0.2) is 0 Å². The predicted molar refractivity (Wildman–Crippen MR) is 57.0 cm³/mol. The number of alkyl halides is 1. The van der Waals surface area contributed by atoms with Crippen LogP contribution in [-0.4, -0.2) is 54.3 Å². The standard InChI is InChI=1S/C9H17BrN2O/c1-7-5-12(9(13)4-10)6-8(7)11(2)3/h7-8H,4-6H2,1-3H3. The molecule has 0 radical (unpaired) electrons. The zero-order chi connectivity index (χ0) is 10.0. The van der Waals surface area contributed by atoms with Crippen molar-refractivity contribution in [3.8, 4) is 0 Å². The number of halogens is 1. The van der Waals surface area contributed by atoms with Crippen LogP contribution in [0.15, 0.2) is 0 Å². The smallest absolute Gasteiger partial charge is 0.233 e. The average Bonchev–Trinajstić information content (AvgIpc) is 2.46. The van der Waals surface area contributed by atoms with Gasteiger partial charge in [0.1, 0.15) is 0 Å². The summed E-state index contributed by atoms with van der Waals surface area (Å²) in [5.41, 5.74) is 0. The monoisotopic (exact) mass is 248 g/mol. The maximum Gasteiger partial charge on any atom is 0.233 e. The Morgan fingerprint density at radius 3 is 2.54 bits per heavy atom. The van der Waals surface area contributed by atoms with Gasteiger partial charge in [-0.15, -0.1) is 0 Å². The molecule has 3 nitrogen and oxygen atoms in total. The molecule has 0 aliphatic carbocycles. The topological polar surface area (TPSA) is 23.6 Å². The Kier molecular flexibility index (Phi) is 3.74. The first-order chi connectivity index (χ1) is 6.06. The third kappa shape index (κ3) is 2.44. The highest BCUT2D eigenvalue weighted by atomic mass is 79.9. The van der Waals surface area contributed by atoms with Gasteiger partial charge in [0, 0.05) is 19.1 Å². The predicted octanol–water partition coefficient (Wildman–Crippen LogP) is 0.790. The third-order valence-electron chi connectivity index (χ3n) is 2.70. The van der Waals surface area contributed by atoms with Crippen LogP contribution in [0.1, 0.15) is 6.92 Å². The average molecular weight is 249 g/mol. The van der Waals surface area contributed by atoms with E-state index in [2.05, 4.69) is 41.8 Å². The Hall–Kier alpha value is -0.0900. The number of carbonyl (C=O) groups is 1. The molecule has 1 aliphatic rings. The number of rotatable bonds is 2. The molecule has 0 aromatic heterocycles. The van der Waals surface area contributed by atoms with Crippen LogP contribution >= 0.6 is 15.9 Å². The minimum atomic E-state index is 0.205. The van der Waals surface area contributed by atoms with Crippen LogP contribution in [0.5, 0.6) is 0 Å². The number of nitrogens with zero attached hydrogens (tertiary/aromatic N) is 2. The summed E-state index contributed by atoms with van der Waals surface area (Å²) in [6.45, 7) is 3.97. The molecule has 2 atom stereocenters. The van der Waals surface area contributed by atoms with Crippen LogP contribution in [0.2, 0.25) is 0 Å². The Morgan fingerprint density at radius 2 is 2.15 bits per heavy atom. The number of amides is 1. The highest BCUT2D eigenvalue weighted by Crippen LogP contribution is 2.20. The van der Waals surface area contributed by atoms with E-state index in [1.165, 1.54) is 0 Å². The van der Waals surface area contributed by atoms with Crippen molar-refractivity contribution in [2.45, 2.75) is 13.0 Å².